The van der Waals surface area contributed by atoms with Gasteiger partial charge in [0.05, 0.1) is 12.1 Å². The van der Waals surface area contributed by atoms with Crippen molar-refractivity contribution in [1.29, 1.82) is 0 Å². The number of carboxylic acids is 1. The maximum Gasteiger partial charge on any atom is 0.331 e. The number of hydrogen-bond donors (Lipinski definition) is 3. The SMILES string of the molecule is CN[C@H](C(=O)N[C@H](C(=O)N(C)[C@H](C=C(C)C(=O)O)C(C)C)C(C)(C)C)C(C)(C)c1ccc(C)c(C)c1. The first-order valence-corrected chi connectivity index (χ1v) is 12.6. The Morgan fingerprint density at radius 1 is 1.00 bits per heavy atom. The second-order valence-electron chi connectivity index (χ2n) is 11.9. The van der Waals surface area contributed by atoms with Gasteiger partial charge < -0.3 is 20.6 Å². The third kappa shape index (κ3) is 7.42. The standard InChI is InChI=1S/C29H47N3O4/c1-17(2)22(16-20(5)27(35)36)32(12)26(34)24(28(6,7)8)31-25(33)23(30-11)29(9,10)21-14-13-18(3)19(4)15-21/h13-17,22-24,30H,1-12H3,(H,31,33)(H,35,36)/t22-,23-,24-/m1/s1. The minimum absolute atomic E-state index is 0.0154. The summed E-state index contributed by atoms with van der Waals surface area (Å²) in [5.41, 5.74) is 2.44. The van der Waals surface area contributed by atoms with Crippen LogP contribution in [0.25, 0.3) is 0 Å². The van der Waals surface area contributed by atoms with Crippen molar-refractivity contribution in [3.05, 3.63) is 46.5 Å². The zero-order valence-electron chi connectivity index (χ0n) is 24.2. The fourth-order valence-corrected chi connectivity index (χ4v) is 4.43. The highest BCUT2D eigenvalue weighted by Crippen LogP contribution is 2.30. The number of aryl methyl sites for hydroxylation is 2. The summed E-state index contributed by atoms with van der Waals surface area (Å²) in [6, 6.07) is 4.40. The lowest BCUT2D eigenvalue weighted by atomic mass is 9.76. The third-order valence-corrected chi connectivity index (χ3v) is 7.16. The Kier molecular flexibility index (Phi) is 10.5. The van der Waals surface area contributed by atoms with Gasteiger partial charge in [-0.2, -0.15) is 0 Å². The molecule has 7 heteroatoms. The lowest BCUT2D eigenvalue weighted by molar-refractivity contribution is -0.141. The van der Waals surface area contributed by atoms with Crippen LogP contribution in [0.3, 0.4) is 0 Å². The van der Waals surface area contributed by atoms with E-state index in [0.717, 1.165) is 11.1 Å². The first-order chi connectivity index (χ1) is 16.4. The molecule has 1 aromatic carbocycles. The highest BCUT2D eigenvalue weighted by molar-refractivity contribution is 5.91. The van der Waals surface area contributed by atoms with E-state index in [2.05, 4.69) is 36.6 Å². The highest BCUT2D eigenvalue weighted by Gasteiger charge is 2.41. The lowest BCUT2D eigenvalue weighted by Crippen LogP contribution is -2.61. The minimum atomic E-state index is -1.02. The fraction of sp³-hybridized carbons (Fsp3) is 0.621. The summed E-state index contributed by atoms with van der Waals surface area (Å²) >= 11 is 0. The van der Waals surface area contributed by atoms with Crippen LogP contribution in [-0.4, -0.2) is 60.0 Å². The second kappa shape index (κ2) is 12.0. The fourth-order valence-electron chi connectivity index (χ4n) is 4.43. The van der Waals surface area contributed by atoms with E-state index in [0.29, 0.717) is 0 Å². The number of aliphatic carboxylic acids is 1. The monoisotopic (exact) mass is 501 g/mol. The number of nitrogens with zero attached hydrogens (tertiary/aromatic N) is 1. The molecule has 0 fully saturated rings. The molecule has 0 spiro atoms. The maximum absolute atomic E-state index is 13.7. The zero-order chi connectivity index (χ0) is 28.2. The Bertz CT molecular complexity index is 989. The molecule has 36 heavy (non-hydrogen) atoms. The van der Waals surface area contributed by atoms with Crippen LogP contribution in [-0.2, 0) is 19.8 Å². The van der Waals surface area contributed by atoms with Crippen LogP contribution in [0, 0.1) is 25.2 Å². The summed E-state index contributed by atoms with van der Waals surface area (Å²) in [6.45, 7) is 19.3. The number of carbonyl (C=O) groups excluding carboxylic acids is 2. The van der Waals surface area contributed by atoms with Crippen LogP contribution in [0.5, 0.6) is 0 Å². The van der Waals surface area contributed by atoms with E-state index in [1.54, 1.807) is 25.1 Å². The van der Waals surface area contributed by atoms with Gasteiger partial charge in [0.25, 0.3) is 0 Å². The smallest absolute Gasteiger partial charge is 0.331 e. The largest absolute Gasteiger partial charge is 0.478 e. The first-order valence-electron chi connectivity index (χ1n) is 12.6. The van der Waals surface area contributed by atoms with E-state index < -0.39 is 34.9 Å². The van der Waals surface area contributed by atoms with Gasteiger partial charge in [0, 0.05) is 18.0 Å². The molecule has 0 aliphatic carbocycles. The number of benzene rings is 1. The van der Waals surface area contributed by atoms with Crippen molar-refractivity contribution in [2.24, 2.45) is 11.3 Å². The van der Waals surface area contributed by atoms with Crippen molar-refractivity contribution >= 4 is 17.8 Å². The molecular formula is C29H47N3O4. The Hall–Kier alpha value is -2.67. The third-order valence-electron chi connectivity index (χ3n) is 7.16. The topological polar surface area (TPSA) is 98.7 Å². The van der Waals surface area contributed by atoms with Gasteiger partial charge in [-0.1, -0.05) is 72.7 Å². The summed E-state index contributed by atoms with van der Waals surface area (Å²) in [5.74, 6) is -1.56. The number of hydrogen-bond acceptors (Lipinski definition) is 4. The second-order valence-corrected chi connectivity index (χ2v) is 11.9. The zero-order valence-corrected chi connectivity index (χ0v) is 24.2. The Balaban J connectivity index is 3.34. The molecular weight excluding hydrogens is 454 g/mol. The summed E-state index contributed by atoms with van der Waals surface area (Å²) in [4.78, 5) is 40.4. The molecule has 0 unspecified atom stereocenters. The maximum atomic E-state index is 13.7. The molecule has 202 valence electrons. The molecule has 1 aromatic rings. The predicted octanol–water partition coefficient (Wildman–Crippen LogP) is 4.21. The van der Waals surface area contributed by atoms with Gasteiger partial charge in [-0.25, -0.2) is 4.79 Å². The average Bonchev–Trinajstić information content (AvgIpc) is 2.75. The van der Waals surface area contributed by atoms with Crippen LogP contribution in [0.1, 0.15) is 72.1 Å². The number of nitrogens with one attached hydrogen (secondary N) is 2. The normalized spacial score (nSPS) is 15.3. The van der Waals surface area contributed by atoms with E-state index in [1.807, 2.05) is 54.5 Å². The number of amides is 2. The summed E-state index contributed by atoms with van der Waals surface area (Å²) in [7, 11) is 3.42. The predicted molar refractivity (Wildman–Crippen MR) is 146 cm³/mol. The Morgan fingerprint density at radius 3 is 1.97 bits per heavy atom. The molecule has 0 aliphatic heterocycles. The number of carbonyl (C=O) groups is 3. The van der Waals surface area contributed by atoms with Crippen molar-refractivity contribution in [2.75, 3.05) is 14.1 Å². The van der Waals surface area contributed by atoms with Gasteiger partial charge in [0.15, 0.2) is 0 Å². The average molecular weight is 502 g/mol. The molecule has 1 rings (SSSR count). The molecule has 0 aromatic heterocycles. The van der Waals surface area contributed by atoms with Crippen LogP contribution in [0.15, 0.2) is 29.8 Å². The van der Waals surface area contributed by atoms with E-state index in [4.69, 9.17) is 0 Å². The van der Waals surface area contributed by atoms with E-state index >= 15 is 0 Å². The molecule has 2 amide bonds. The molecule has 0 radical (unpaired) electrons. The summed E-state index contributed by atoms with van der Waals surface area (Å²) in [5, 5.41) is 15.5. The number of rotatable bonds is 10. The van der Waals surface area contributed by atoms with Crippen molar-refractivity contribution in [3.8, 4) is 0 Å². The highest BCUT2D eigenvalue weighted by atomic mass is 16.4. The molecule has 0 saturated carbocycles. The van der Waals surface area contributed by atoms with Crippen LogP contribution < -0.4 is 10.6 Å². The van der Waals surface area contributed by atoms with Gasteiger partial charge in [-0.15, -0.1) is 0 Å². The summed E-state index contributed by atoms with van der Waals surface area (Å²) in [6.07, 6.45) is 1.60. The molecule has 0 heterocycles. The van der Waals surface area contributed by atoms with Gasteiger partial charge in [-0.3, -0.25) is 9.59 Å². The molecule has 7 nitrogen and oxygen atoms in total. The summed E-state index contributed by atoms with van der Waals surface area (Å²) < 4.78 is 0. The minimum Gasteiger partial charge on any atom is -0.478 e. The molecule has 3 atom stereocenters. The first kappa shape index (κ1) is 31.4. The molecule has 0 saturated heterocycles. The van der Waals surface area contributed by atoms with Gasteiger partial charge in [-0.05, 0) is 55.8 Å². The van der Waals surface area contributed by atoms with Crippen molar-refractivity contribution in [2.45, 2.75) is 92.8 Å². The Morgan fingerprint density at radius 2 is 1.56 bits per heavy atom. The number of likely N-dealkylation sites (N-methyl/N-ethyl adjacent to an activating group) is 2. The number of carboxylic acid groups (broad SMARTS) is 1. The van der Waals surface area contributed by atoms with Gasteiger partial charge in [0.2, 0.25) is 11.8 Å². The van der Waals surface area contributed by atoms with E-state index in [-0.39, 0.29) is 23.3 Å². The van der Waals surface area contributed by atoms with Gasteiger partial charge in [0.1, 0.15) is 6.04 Å². The molecule has 3 N–H and O–H groups in total. The van der Waals surface area contributed by atoms with Crippen LogP contribution in [0.2, 0.25) is 0 Å². The van der Waals surface area contributed by atoms with E-state index in [1.165, 1.54) is 12.5 Å². The molecule has 0 aliphatic rings. The van der Waals surface area contributed by atoms with Crippen molar-refractivity contribution < 1.29 is 19.5 Å². The van der Waals surface area contributed by atoms with Crippen molar-refractivity contribution in [1.82, 2.24) is 15.5 Å². The van der Waals surface area contributed by atoms with Crippen LogP contribution in [0.4, 0.5) is 0 Å². The quantitative estimate of drug-likeness (QED) is 0.417. The lowest BCUT2D eigenvalue weighted by Gasteiger charge is -2.40. The Labute approximate surface area is 217 Å². The van der Waals surface area contributed by atoms with Crippen LogP contribution >= 0.6 is 0 Å². The van der Waals surface area contributed by atoms with Crippen molar-refractivity contribution in [3.63, 3.8) is 0 Å². The molecule has 0 bridgehead atoms. The van der Waals surface area contributed by atoms with Gasteiger partial charge >= 0.3 is 5.97 Å². The van der Waals surface area contributed by atoms with E-state index in [9.17, 15) is 19.5 Å².